The van der Waals surface area contributed by atoms with Gasteiger partial charge in [-0.1, -0.05) is 23.8 Å². The molecule has 0 atom stereocenters. The van der Waals surface area contributed by atoms with Gasteiger partial charge in [0.15, 0.2) is 0 Å². The highest BCUT2D eigenvalue weighted by molar-refractivity contribution is 5.62. The molecule has 1 aliphatic rings. The number of hydrogen-bond donors (Lipinski definition) is 0. The Labute approximate surface area is 97.4 Å². The summed E-state index contributed by atoms with van der Waals surface area (Å²) >= 11 is 0. The van der Waals surface area contributed by atoms with Crippen molar-refractivity contribution >= 4 is 6.08 Å². The van der Waals surface area contributed by atoms with E-state index in [1.165, 1.54) is 11.5 Å². The Balaban J connectivity index is 2.12. The van der Waals surface area contributed by atoms with Crippen molar-refractivity contribution in [3.8, 4) is 6.07 Å². The molecule has 0 N–H and O–H groups in total. The lowest BCUT2D eigenvalue weighted by atomic mass is 9.97. The van der Waals surface area contributed by atoms with Crippen LogP contribution in [0.25, 0.3) is 6.08 Å². The lowest BCUT2D eigenvalue weighted by Crippen LogP contribution is -1.93. The largest absolute Gasteiger partial charge is 0.192 e. The van der Waals surface area contributed by atoms with E-state index in [1.807, 2.05) is 37.1 Å². The Morgan fingerprint density at radius 3 is 2.31 bits per heavy atom. The highest BCUT2D eigenvalue weighted by Gasteiger charge is 2.17. The van der Waals surface area contributed by atoms with Gasteiger partial charge in [0, 0.05) is 5.92 Å². The summed E-state index contributed by atoms with van der Waals surface area (Å²) in [6.07, 6.45) is 10.4. The van der Waals surface area contributed by atoms with Crippen LogP contribution in [-0.2, 0) is 0 Å². The molecule has 1 aromatic rings. The molecular formula is C15H12N. The number of nitriles is 1. The van der Waals surface area contributed by atoms with Gasteiger partial charge in [-0.05, 0) is 50.3 Å². The Morgan fingerprint density at radius 1 is 1.12 bits per heavy atom. The third kappa shape index (κ3) is 2.52. The van der Waals surface area contributed by atoms with Gasteiger partial charge in [-0.25, -0.2) is 0 Å². The third-order valence-electron chi connectivity index (χ3n) is 2.54. The van der Waals surface area contributed by atoms with Crippen molar-refractivity contribution in [2.45, 2.75) is 6.92 Å². The molecule has 0 unspecified atom stereocenters. The van der Waals surface area contributed by atoms with Crippen LogP contribution in [0.15, 0.2) is 29.8 Å². The quantitative estimate of drug-likeness (QED) is 0.727. The smallest absolute Gasteiger partial charge is 0.0991 e. The maximum atomic E-state index is 8.70. The van der Waals surface area contributed by atoms with E-state index in [0.29, 0.717) is 5.56 Å². The van der Waals surface area contributed by atoms with E-state index in [4.69, 9.17) is 5.26 Å². The first kappa shape index (κ1) is 11.0. The molecule has 1 nitrogen and oxygen atoms in total. The van der Waals surface area contributed by atoms with Gasteiger partial charge in [-0.3, -0.25) is 0 Å². The molecular weight excluding hydrogens is 194 g/mol. The fourth-order valence-corrected chi connectivity index (χ4v) is 1.62. The van der Waals surface area contributed by atoms with Crippen molar-refractivity contribution in [3.05, 3.63) is 72.6 Å². The van der Waals surface area contributed by atoms with Crippen LogP contribution in [0.2, 0.25) is 0 Å². The summed E-state index contributed by atoms with van der Waals surface area (Å²) in [6.45, 7) is 2.09. The lowest BCUT2D eigenvalue weighted by Gasteiger charge is -2.07. The van der Waals surface area contributed by atoms with E-state index in [9.17, 15) is 0 Å². The minimum absolute atomic E-state index is 0.697. The molecule has 0 amide bonds. The molecule has 1 aliphatic carbocycles. The molecule has 0 saturated heterocycles. The van der Waals surface area contributed by atoms with Crippen LogP contribution < -0.4 is 0 Å². The zero-order chi connectivity index (χ0) is 11.4. The van der Waals surface area contributed by atoms with Crippen molar-refractivity contribution in [3.63, 3.8) is 0 Å². The second kappa shape index (κ2) is 4.99. The van der Waals surface area contributed by atoms with Gasteiger partial charge < -0.3 is 0 Å². The maximum Gasteiger partial charge on any atom is 0.0991 e. The van der Waals surface area contributed by atoms with E-state index < -0.39 is 0 Å². The van der Waals surface area contributed by atoms with Crippen molar-refractivity contribution in [2.75, 3.05) is 0 Å². The van der Waals surface area contributed by atoms with Gasteiger partial charge in [-0.2, -0.15) is 5.26 Å². The summed E-state index contributed by atoms with van der Waals surface area (Å²) in [5.74, 6) is 1.24. The van der Waals surface area contributed by atoms with E-state index in [1.54, 1.807) is 0 Å². The van der Waals surface area contributed by atoms with Gasteiger partial charge in [0.05, 0.1) is 11.6 Å². The summed E-state index contributed by atoms with van der Waals surface area (Å²) in [5, 5.41) is 8.70. The Bertz CT molecular complexity index is 414. The summed E-state index contributed by atoms with van der Waals surface area (Å²) in [7, 11) is 0. The van der Waals surface area contributed by atoms with Crippen LogP contribution in [0.5, 0.6) is 0 Å². The monoisotopic (exact) mass is 206 g/mol. The van der Waals surface area contributed by atoms with E-state index in [-0.39, 0.29) is 0 Å². The second-order valence-electron chi connectivity index (χ2n) is 3.73. The van der Waals surface area contributed by atoms with E-state index >= 15 is 0 Å². The summed E-state index contributed by atoms with van der Waals surface area (Å²) in [6, 6.07) is 9.72. The molecule has 1 aromatic carbocycles. The molecule has 0 aromatic heterocycles. The second-order valence-corrected chi connectivity index (χ2v) is 3.73. The third-order valence-corrected chi connectivity index (χ3v) is 2.54. The predicted octanol–water partition coefficient (Wildman–Crippen LogP) is 3.37. The molecule has 0 aliphatic heterocycles. The fraction of sp³-hybridized carbons (Fsp3) is 0.0667. The van der Waals surface area contributed by atoms with Crippen LogP contribution in [0.4, 0.5) is 0 Å². The molecule has 77 valence electrons. The molecule has 2 rings (SSSR count). The number of benzene rings is 1. The van der Waals surface area contributed by atoms with Crippen LogP contribution in [-0.4, -0.2) is 0 Å². The normalized spacial score (nSPS) is 17.4. The molecule has 1 saturated carbocycles. The van der Waals surface area contributed by atoms with Crippen molar-refractivity contribution in [1.29, 1.82) is 5.26 Å². The molecule has 5 radical (unpaired) electrons. The average molecular weight is 206 g/mol. The van der Waals surface area contributed by atoms with Crippen LogP contribution in [0.1, 0.15) is 18.1 Å². The minimum Gasteiger partial charge on any atom is -0.192 e. The number of allylic oxidation sites excluding steroid dienone is 1. The first-order valence-electron chi connectivity index (χ1n) is 5.20. The van der Waals surface area contributed by atoms with Gasteiger partial charge in [-0.15, -0.1) is 0 Å². The Morgan fingerprint density at radius 2 is 1.75 bits per heavy atom. The van der Waals surface area contributed by atoms with Crippen molar-refractivity contribution in [2.24, 2.45) is 0 Å². The predicted molar refractivity (Wildman–Crippen MR) is 65.3 cm³/mol. The standard InChI is InChI=1S/C15H12N/c1-12(15-4-2-3-5-15)10-13-6-8-14(11-16)9-7-13/h2-10H,1H3/b12-10+. The van der Waals surface area contributed by atoms with E-state index in [2.05, 4.69) is 31.9 Å². The Hall–Kier alpha value is -1.55. The zero-order valence-corrected chi connectivity index (χ0v) is 9.14. The first-order valence-corrected chi connectivity index (χ1v) is 5.20. The van der Waals surface area contributed by atoms with Crippen molar-refractivity contribution in [1.82, 2.24) is 0 Å². The summed E-state index contributed by atoms with van der Waals surface area (Å²) in [5.41, 5.74) is 3.05. The molecule has 1 heteroatoms. The Kier molecular flexibility index (Phi) is 3.41. The average Bonchev–Trinajstić information content (AvgIpc) is 2.83. The van der Waals surface area contributed by atoms with Crippen LogP contribution >= 0.6 is 0 Å². The van der Waals surface area contributed by atoms with Gasteiger partial charge >= 0.3 is 0 Å². The van der Waals surface area contributed by atoms with Crippen LogP contribution in [0.3, 0.4) is 0 Å². The molecule has 0 bridgehead atoms. The molecule has 16 heavy (non-hydrogen) atoms. The number of hydrogen-bond acceptors (Lipinski definition) is 1. The first-order chi connectivity index (χ1) is 7.79. The highest BCUT2D eigenvalue weighted by atomic mass is 14.2. The molecule has 0 spiro atoms. The van der Waals surface area contributed by atoms with Gasteiger partial charge in [0.1, 0.15) is 0 Å². The SMILES string of the molecule is C/C(=C\c1ccc(C#N)cc1)[C]1[CH][CH][CH][CH]1. The maximum absolute atomic E-state index is 8.70. The highest BCUT2D eigenvalue weighted by Crippen LogP contribution is 2.30. The summed E-state index contributed by atoms with van der Waals surface area (Å²) in [4.78, 5) is 0. The van der Waals surface area contributed by atoms with E-state index in [0.717, 1.165) is 5.56 Å². The summed E-state index contributed by atoms with van der Waals surface area (Å²) < 4.78 is 0. The fourth-order valence-electron chi connectivity index (χ4n) is 1.62. The van der Waals surface area contributed by atoms with Gasteiger partial charge in [0.2, 0.25) is 0 Å². The number of nitrogens with zero attached hydrogens (tertiary/aromatic N) is 1. The van der Waals surface area contributed by atoms with Crippen LogP contribution in [0, 0.1) is 42.9 Å². The number of rotatable bonds is 2. The lowest BCUT2D eigenvalue weighted by molar-refractivity contribution is 1.25. The topological polar surface area (TPSA) is 23.8 Å². The molecule has 1 fully saturated rings. The molecule has 0 heterocycles. The van der Waals surface area contributed by atoms with Crippen molar-refractivity contribution < 1.29 is 0 Å². The zero-order valence-electron chi connectivity index (χ0n) is 9.14. The van der Waals surface area contributed by atoms with Gasteiger partial charge in [0.25, 0.3) is 0 Å². The minimum atomic E-state index is 0.697.